The van der Waals surface area contributed by atoms with Gasteiger partial charge in [0.25, 0.3) is 0 Å². The van der Waals surface area contributed by atoms with Crippen molar-refractivity contribution in [2.75, 3.05) is 30.1 Å². The van der Waals surface area contributed by atoms with Gasteiger partial charge in [-0.2, -0.15) is 0 Å². The van der Waals surface area contributed by atoms with E-state index in [9.17, 15) is 0 Å². The zero-order valence-corrected chi connectivity index (χ0v) is 14.8. The number of benzene rings is 2. The van der Waals surface area contributed by atoms with Gasteiger partial charge in [0, 0.05) is 36.8 Å². The number of fused-ring (bicyclic) bond motifs is 2. The number of piperazine rings is 1. The Morgan fingerprint density at radius 2 is 1.83 bits per heavy atom. The minimum absolute atomic E-state index is 0.715. The fourth-order valence-electron chi connectivity index (χ4n) is 3.00. The van der Waals surface area contributed by atoms with Crippen molar-refractivity contribution in [3.8, 4) is 0 Å². The number of anilines is 2. The van der Waals surface area contributed by atoms with Crippen molar-refractivity contribution in [1.29, 1.82) is 0 Å². The Bertz CT molecular complexity index is 771. The molecular weight excluding hydrogens is 376 g/mol. The van der Waals surface area contributed by atoms with E-state index in [1.807, 2.05) is 34.3 Å². The Labute approximate surface area is 149 Å². The van der Waals surface area contributed by atoms with Crippen molar-refractivity contribution in [3.05, 3.63) is 53.1 Å². The molecule has 0 radical (unpaired) electrons. The molecule has 23 heavy (non-hydrogen) atoms. The summed E-state index contributed by atoms with van der Waals surface area (Å²) in [5.41, 5.74) is 4.07. The molecule has 2 heterocycles. The molecule has 4 rings (SSSR count). The SMILES string of the molecule is Clc1ccc2c(c1)N(Br)c1ccccc1N=C2N1CCNCC1. The van der Waals surface area contributed by atoms with Gasteiger partial charge in [-0.05, 0) is 30.3 Å². The maximum absolute atomic E-state index is 6.24. The molecule has 0 atom stereocenters. The lowest BCUT2D eigenvalue weighted by molar-refractivity contribution is 0.358. The average Bonchev–Trinajstić information content (AvgIpc) is 2.71. The first-order valence-corrected chi connectivity index (χ1v) is 8.72. The normalized spacial score (nSPS) is 17.2. The molecule has 0 unspecified atom stereocenters. The average molecular weight is 392 g/mol. The van der Waals surface area contributed by atoms with Crippen LogP contribution in [0, 0.1) is 0 Å². The Morgan fingerprint density at radius 1 is 1.04 bits per heavy atom. The minimum atomic E-state index is 0.715. The molecule has 2 aliphatic rings. The fraction of sp³-hybridized carbons (Fsp3) is 0.235. The van der Waals surface area contributed by atoms with Gasteiger partial charge in [0.2, 0.25) is 0 Å². The lowest BCUT2D eigenvalue weighted by atomic mass is 10.1. The summed E-state index contributed by atoms with van der Waals surface area (Å²) in [6.07, 6.45) is 0. The van der Waals surface area contributed by atoms with Gasteiger partial charge < -0.3 is 10.2 Å². The van der Waals surface area contributed by atoms with Gasteiger partial charge in [0.05, 0.1) is 33.2 Å². The molecule has 4 nitrogen and oxygen atoms in total. The Hall–Kier alpha value is -1.56. The van der Waals surface area contributed by atoms with E-state index < -0.39 is 0 Å². The van der Waals surface area contributed by atoms with Gasteiger partial charge in [-0.1, -0.05) is 23.7 Å². The molecule has 2 aromatic carbocycles. The van der Waals surface area contributed by atoms with E-state index in [1.165, 1.54) is 0 Å². The number of halogens is 2. The molecule has 1 N–H and O–H groups in total. The molecule has 0 aromatic heterocycles. The van der Waals surface area contributed by atoms with Crippen LogP contribution in [-0.2, 0) is 0 Å². The van der Waals surface area contributed by atoms with Gasteiger partial charge in [0.15, 0.2) is 0 Å². The highest BCUT2D eigenvalue weighted by Crippen LogP contribution is 2.42. The molecule has 1 fully saturated rings. The number of hydrogen-bond acceptors (Lipinski definition) is 4. The summed E-state index contributed by atoms with van der Waals surface area (Å²) < 4.78 is 1.99. The van der Waals surface area contributed by atoms with Crippen LogP contribution < -0.4 is 9.24 Å². The lowest BCUT2D eigenvalue weighted by Crippen LogP contribution is -2.46. The van der Waals surface area contributed by atoms with Crippen molar-refractivity contribution in [2.45, 2.75) is 0 Å². The van der Waals surface area contributed by atoms with Gasteiger partial charge in [-0.25, -0.2) is 4.99 Å². The Kier molecular flexibility index (Phi) is 4.01. The molecule has 1 saturated heterocycles. The highest BCUT2D eigenvalue weighted by Gasteiger charge is 2.26. The quantitative estimate of drug-likeness (QED) is 0.686. The molecule has 2 aromatic rings. The monoisotopic (exact) mass is 390 g/mol. The van der Waals surface area contributed by atoms with Crippen LogP contribution in [0.1, 0.15) is 5.56 Å². The second-order valence-electron chi connectivity index (χ2n) is 5.60. The lowest BCUT2D eigenvalue weighted by Gasteiger charge is -2.31. The molecular formula is C17H16BrClN4. The second-order valence-corrected chi connectivity index (χ2v) is 6.75. The highest BCUT2D eigenvalue weighted by atomic mass is 79.9. The molecule has 118 valence electrons. The van der Waals surface area contributed by atoms with E-state index in [-0.39, 0.29) is 0 Å². The highest BCUT2D eigenvalue weighted by molar-refractivity contribution is 9.10. The predicted octanol–water partition coefficient (Wildman–Crippen LogP) is 4.08. The first kappa shape index (κ1) is 15.0. The van der Waals surface area contributed by atoms with Crippen molar-refractivity contribution in [1.82, 2.24) is 10.2 Å². The number of rotatable bonds is 0. The second kappa shape index (κ2) is 6.15. The van der Waals surface area contributed by atoms with Gasteiger partial charge in [0.1, 0.15) is 5.84 Å². The fourth-order valence-corrected chi connectivity index (χ4v) is 3.76. The van der Waals surface area contributed by atoms with Crippen molar-refractivity contribution >= 4 is 50.6 Å². The van der Waals surface area contributed by atoms with Crippen molar-refractivity contribution < 1.29 is 0 Å². The van der Waals surface area contributed by atoms with Crippen molar-refractivity contribution in [2.24, 2.45) is 4.99 Å². The summed E-state index contributed by atoms with van der Waals surface area (Å²) in [7, 11) is 0. The van der Waals surface area contributed by atoms with Gasteiger partial charge in [-0.15, -0.1) is 0 Å². The van der Waals surface area contributed by atoms with E-state index >= 15 is 0 Å². The van der Waals surface area contributed by atoms with E-state index in [2.05, 4.69) is 38.5 Å². The molecule has 2 aliphatic heterocycles. The molecule has 0 saturated carbocycles. The van der Waals surface area contributed by atoms with Crippen LogP contribution in [0.25, 0.3) is 0 Å². The maximum atomic E-state index is 6.24. The van der Waals surface area contributed by atoms with Crippen LogP contribution in [0.5, 0.6) is 0 Å². The topological polar surface area (TPSA) is 30.9 Å². The summed E-state index contributed by atoms with van der Waals surface area (Å²) in [5.74, 6) is 1.01. The minimum Gasteiger partial charge on any atom is -0.353 e. The number of aliphatic imine (C=N–C) groups is 1. The Morgan fingerprint density at radius 3 is 2.65 bits per heavy atom. The molecule has 0 spiro atoms. The molecule has 0 aliphatic carbocycles. The first-order chi connectivity index (χ1) is 11.2. The van der Waals surface area contributed by atoms with Crippen LogP contribution >= 0.6 is 27.7 Å². The number of hydrogen-bond donors (Lipinski definition) is 1. The van der Waals surface area contributed by atoms with Crippen LogP contribution in [-0.4, -0.2) is 36.9 Å². The largest absolute Gasteiger partial charge is 0.353 e. The molecule has 0 amide bonds. The first-order valence-electron chi connectivity index (χ1n) is 7.63. The third-order valence-electron chi connectivity index (χ3n) is 4.15. The zero-order valence-electron chi connectivity index (χ0n) is 12.5. The summed E-state index contributed by atoms with van der Waals surface area (Å²) in [5, 5.41) is 4.11. The summed E-state index contributed by atoms with van der Waals surface area (Å²) >= 11 is 9.94. The van der Waals surface area contributed by atoms with Crippen molar-refractivity contribution in [3.63, 3.8) is 0 Å². The van der Waals surface area contributed by atoms with E-state index in [4.69, 9.17) is 16.6 Å². The summed E-state index contributed by atoms with van der Waals surface area (Å²) in [4.78, 5) is 7.32. The predicted molar refractivity (Wildman–Crippen MR) is 99.6 cm³/mol. The number of para-hydroxylation sites is 2. The molecule has 0 bridgehead atoms. The standard InChI is InChI=1S/C17H16BrClN4/c18-23-15-4-2-1-3-14(15)21-17(22-9-7-20-8-10-22)13-6-5-12(19)11-16(13)23/h1-6,11,20H,7-10H2. The summed E-state index contributed by atoms with van der Waals surface area (Å²) in [6.45, 7) is 3.85. The van der Waals surface area contributed by atoms with Crippen LogP contribution in [0.3, 0.4) is 0 Å². The molecule has 6 heteroatoms. The number of nitrogens with zero attached hydrogens (tertiary/aromatic N) is 3. The van der Waals surface area contributed by atoms with Gasteiger partial charge >= 0.3 is 0 Å². The third kappa shape index (κ3) is 2.73. The number of nitrogens with one attached hydrogen (secondary N) is 1. The smallest absolute Gasteiger partial charge is 0.138 e. The summed E-state index contributed by atoms with van der Waals surface area (Å²) in [6, 6.07) is 14.1. The van der Waals surface area contributed by atoms with E-state index in [0.29, 0.717) is 5.02 Å². The Balaban J connectivity index is 1.92. The van der Waals surface area contributed by atoms with E-state index in [1.54, 1.807) is 0 Å². The third-order valence-corrected chi connectivity index (χ3v) is 5.15. The van der Waals surface area contributed by atoms with Gasteiger partial charge in [-0.3, -0.25) is 3.93 Å². The van der Waals surface area contributed by atoms with Crippen LogP contribution in [0.4, 0.5) is 17.1 Å². The number of amidine groups is 1. The van der Waals surface area contributed by atoms with Crippen LogP contribution in [0.2, 0.25) is 5.02 Å². The van der Waals surface area contributed by atoms with E-state index in [0.717, 1.165) is 54.6 Å². The van der Waals surface area contributed by atoms with Crippen LogP contribution in [0.15, 0.2) is 47.5 Å². The maximum Gasteiger partial charge on any atom is 0.138 e. The zero-order chi connectivity index (χ0) is 15.8.